The van der Waals surface area contributed by atoms with E-state index in [1.54, 1.807) is 12.1 Å². The predicted molar refractivity (Wildman–Crippen MR) is 81.4 cm³/mol. The maximum absolute atomic E-state index is 12.1. The molecule has 1 aromatic rings. The van der Waals surface area contributed by atoms with Crippen molar-refractivity contribution in [2.45, 2.75) is 56.3 Å². The highest BCUT2D eigenvalue weighted by molar-refractivity contribution is 7.91. The van der Waals surface area contributed by atoms with E-state index in [1.165, 1.54) is 11.3 Å². The molecule has 0 atom stereocenters. The maximum Gasteiger partial charge on any atom is 0.250 e. The number of aryl methyl sites for hydroxylation is 1. The van der Waals surface area contributed by atoms with Crippen molar-refractivity contribution in [1.82, 2.24) is 4.72 Å². The van der Waals surface area contributed by atoms with Gasteiger partial charge in [-0.05, 0) is 50.2 Å². The Hall–Kier alpha value is -0.430. The monoisotopic (exact) mass is 317 g/mol. The summed E-state index contributed by atoms with van der Waals surface area (Å²) >= 11 is 1.25. The van der Waals surface area contributed by atoms with Gasteiger partial charge in [0.2, 0.25) is 10.0 Å². The van der Waals surface area contributed by atoms with Gasteiger partial charge in [-0.25, -0.2) is 13.1 Å². The Morgan fingerprint density at radius 1 is 1.25 bits per heavy atom. The molecule has 1 fully saturated rings. The summed E-state index contributed by atoms with van der Waals surface area (Å²) in [4.78, 5) is 0.962. The zero-order chi connectivity index (χ0) is 15.0. The highest BCUT2D eigenvalue weighted by atomic mass is 32.2. The first-order chi connectivity index (χ1) is 9.12. The molecule has 1 aromatic heterocycles. The average molecular weight is 317 g/mol. The van der Waals surface area contributed by atoms with Crippen LogP contribution in [0.5, 0.6) is 0 Å². The molecule has 0 unspecified atom stereocenters. The van der Waals surface area contributed by atoms with E-state index in [0.717, 1.165) is 17.7 Å². The van der Waals surface area contributed by atoms with Crippen molar-refractivity contribution in [3.8, 4) is 0 Å². The third-order valence-electron chi connectivity index (χ3n) is 4.11. The molecule has 1 aliphatic carbocycles. The van der Waals surface area contributed by atoms with Gasteiger partial charge in [0, 0.05) is 11.4 Å². The number of rotatable bonds is 4. The number of aliphatic hydroxyl groups is 1. The average Bonchev–Trinajstić information content (AvgIpc) is 2.79. The summed E-state index contributed by atoms with van der Waals surface area (Å²) < 4.78 is 27.2. The van der Waals surface area contributed by atoms with Crippen molar-refractivity contribution in [2.24, 2.45) is 5.41 Å². The molecule has 114 valence electrons. The maximum atomic E-state index is 12.1. The third kappa shape index (κ3) is 3.81. The molecule has 1 aliphatic rings. The van der Waals surface area contributed by atoms with Crippen LogP contribution in [-0.4, -0.2) is 25.7 Å². The summed E-state index contributed by atoms with van der Waals surface area (Å²) in [6.07, 6.45) is 3.13. The number of nitrogens with one attached hydrogen (secondary N) is 1. The SMILES string of the molecule is Cc1ccc(S(=O)(=O)NCC2(O)CCC(C)(C)CC2)s1. The van der Waals surface area contributed by atoms with Crippen molar-refractivity contribution in [3.63, 3.8) is 0 Å². The number of hydrogen-bond acceptors (Lipinski definition) is 4. The van der Waals surface area contributed by atoms with Gasteiger partial charge in [-0.3, -0.25) is 0 Å². The quantitative estimate of drug-likeness (QED) is 0.897. The molecular formula is C14H23NO3S2. The van der Waals surface area contributed by atoms with Crippen molar-refractivity contribution >= 4 is 21.4 Å². The van der Waals surface area contributed by atoms with E-state index in [2.05, 4.69) is 18.6 Å². The fourth-order valence-electron chi connectivity index (χ4n) is 2.43. The van der Waals surface area contributed by atoms with Gasteiger partial charge in [0.1, 0.15) is 4.21 Å². The molecule has 0 amide bonds. The van der Waals surface area contributed by atoms with Crippen LogP contribution in [0, 0.1) is 12.3 Å². The third-order valence-corrected chi connectivity index (χ3v) is 7.00. The van der Waals surface area contributed by atoms with Crippen LogP contribution in [0.25, 0.3) is 0 Å². The molecule has 0 radical (unpaired) electrons. The second kappa shape index (κ2) is 5.40. The minimum atomic E-state index is -3.50. The Morgan fingerprint density at radius 2 is 1.85 bits per heavy atom. The molecule has 4 nitrogen and oxygen atoms in total. The van der Waals surface area contributed by atoms with Crippen LogP contribution in [0.15, 0.2) is 16.3 Å². The molecule has 2 N–H and O–H groups in total. The summed E-state index contributed by atoms with van der Waals surface area (Å²) in [6, 6.07) is 3.40. The lowest BCUT2D eigenvalue weighted by Gasteiger charge is -2.40. The second-order valence-corrected chi connectivity index (χ2v) is 9.86. The Morgan fingerprint density at radius 3 is 2.35 bits per heavy atom. The Kier molecular flexibility index (Phi) is 4.31. The van der Waals surface area contributed by atoms with E-state index in [4.69, 9.17) is 0 Å². The summed E-state index contributed by atoms with van der Waals surface area (Å²) in [6.45, 7) is 6.35. The predicted octanol–water partition coefficient (Wildman–Crippen LogP) is 2.67. The van der Waals surface area contributed by atoms with Gasteiger partial charge in [0.25, 0.3) is 0 Å². The summed E-state index contributed by atoms with van der Waals surface area (Å²) in [7, 11) is -3.50. The van der Waals surface area contributed by atoms with Gasteiger partial charge in [0.05, 0.1) is 5.60 Å². The largest absolute Gasteiger partial charge is 0.389 e. The second-order valence-electron chi connectivity index (χ2n) is 6.58. The Labute approximate surface area is 125 Å². The molecule has 6 heteroatoms. The molecule has 2 rings (SSSR count). The zero-order valence-electron chi connectivity index (χ0n) is 12.3. The lowest BCUT2D eigenvalue weighted by Crippen LogP contribution is -2.46. The van der Waals surface area contributed by atoms with Crippen molar-refractivity contribution in [2.75, 3.05) is 6.54 Å². The van der Waals surface area contributed by atoms with Gasteiger partial charge >= 0.3 is 0 Å². The van der Waals surface area contributed by atoms with Crippen LogP contribution < -0.4 is 4.72 Å². The van der Waals surface area contributed by atoms with E-state index in [9.17, 15) is 13.5 Å². The van der Waals surface area contributed by atoms with Crippen LogP contribution in [0.4, 0.5) is 0 Å². The molecule has 0 spiro atoms. The summed E-state index contributed by atoms with van der Waals surface area (Å²) in [5.74, 6) is 0. The van der Waals surface area contributed by atoms with Gasteiger partial charge in [0.15, 0.2) is 0 Å². The van der Waals surface area contributed by atoms with E-state index in [1.807, 2.05) is 6.92 Å². The van der Waals surface area contributed by atoms with Crippen molar-refractivity contribution in [3.05, 3.63) is 17.0 Å². The first-order valence-corrected chi connectivity index (χ1v) is 9.21. The van der Waals surface area contributed by atoms with E-state index in [-0.39, 0.29) is 12.0 Å². The molecule has 1 heterocycles. The minimum Gasteiger partial charge on any atom is -0.389 e. The van der Waals surface area contributed by atoms with Crippen molar-refractivity contribution < 1.29 is 13.5 Å². The summed E-state index contributed by atoms with van der Waals surface area (Å²) in [5, 5.41) is 10.5. The Balaban J connectivity index is 1.98. The highest BCUT2D eigenvalue weighted by Crippen LogP contribution is 2.40. The minimum absolute atomic E-state index is 0.0996. The van der Waals surface area contributed by atoms with Crippen LogP contribution in [0.1, 0.15) is 44.4 Å². The van der Waals surface area contributed by atoms with E-state index < -0.39 is 15.6 Å². The number of hydrogen-bond donors (Lipinski definition) is 2. The molecule has 0 bridgehead atoms. The van der Waals surface area contributed by atoms with Crippen LogP contribution in [0.2, 0.25) is 0 Å². The zero-order valence-corrected chi connectivity index (χ0v) is 13.9. The molecule has 0 aromatic carbocycles. The van der Waals surface area contributed by atoms with E-state index in [0.29, 0.717) is 17.1 Å². The molecule has 1 saturated carbocycles. The fourth-order valence-corrected chi connectivity index (χ4v) is 4.87. The highest BCUT2D eigenvalue weighted by Gasteiger charge is 2.37. The van der Waals surface area contributed by atoms with Crippen LogP contribution >= 0.6 is 11.3 Å². The van der Waals surface area contributed by atoms with Gasteiger partial charge < -0.3 is 5.11 Å². The molecular weight excluding hydrogens is 294 g/mol. The standard InChI is InChI=1S/C14H23NO3S2/c1-11-4-5-12(19-11)20(17,18)15-10-14(16)8-6-13(2,3)7-9-14/h4-5,15-16H,6-10H2,1-3H3. The first-order valence-electron chi connectivity index (χ1n) is 6.91. The number of sulfonamides is 1. The smallest absolute Gasteiger partial charge is 0.250 e. The number of thiophene rings is 1. The van der Waals surface area contributed by atoms with Gasteiger partial charge in [-0.1, -0.05) is 13.8 Å². The molecule has 0 aliphatic heterocycles. The first kappa shape index (κ1) is 15.9. The fraction of sp³-hybridized carbons (Fsp3) is 0.714. The van der Waals surface area contributed by atoms with Gasteiger partial charge in [-0.2, -0.15) is 0 Å². The van der Waals surface area contributed by atoms with Crippen molar-refractivity contribution in [1.29, 1.82) is 0 Å². The molecule has 0 saturated heterocycles. The van der Waals surface area contributed by atoms with Crippen LogP contribution in [0.3, 0.4) is 0 Å². The van der Waals surface area contributed by atoms with Crippen LogP contribution in [-0.2, 0) is 10.0 Å². The summed E-state index contributed by atoms with van der Waals surface area (Å²) in [5.41, 5.74) is -0.662. The van der Waals surface area contributed by atoms with E-state index >= 15 is 0 Å². The topological polar surface area (TPSA) is 66.4 Å². The van der Waals surface area contributed by atoms with Gasteiger partial charge in [-0.15, -0.1) is 11.3 Å². The molecule has 20 heavy (non-hydrogen) atoms. The lowest BCUT2D eigenvalue weighted by atomic mass is 9.71. The Bertz CT molecular complexity index is 565. The lowest BCUT2D eigenvalue weighted by molar-refractivity contribution is -0.0205. The normalized spacial score (nSPS) is 21.8.